The Morgan fingerprint density at radius 2 is 1.72 bits per heavy atom. The Kier molecular flexibility index (Phi) is 5.32. The lowest BCUT2D eigenvalue weighted by Crippen LogP contribution is -2.55. The number of carbonyl (C=O) groups excluding carboxylic acids is 3. The van der Waals surface area contributed by atoms with Crippen LogP contribution < -0.4 is 16.0 Å². The highest BCUT2D eigenvalue weighted by atomic mass is 16.2. The van der Waals surface area contributed by atoms with Gasteiger partial charge in [0, 0.05) is 12.1 Å². The molecule has 3 rings (SSSR count). The molecular formula is C23H27N3O3. The van der Waals surface area contributed by atoms with Crippen LogP contribution in [0.15, 0.2) is 36.4 Å². The third-order valence-electron chi connectivity index (χ3n) is 5.85. The molecule has 1 aliphatic heterocycles. The van der Waals surface area contributed by atoms with E-state index in [9.17, 15) is 14.4 Å². The quantitative estimate of drug-likeness (QED) is 0.763. The van der Waals surface area contributed by atoms with Gasteiger partial charge in [-0.15, -0.1) is 0 Å². The number of rotatable bonds is 5. The average molecular weight is 393 g/mol. The number of fused-ring (bicyclic) bond motifs is 1. The predicted octanol–water partition coefficient (Wildman–Crippen LogP) is 3.21. The highest BCUT2D eigenvalue weighted by molar-refractivity contribution is 6.35. The van der Waals surface area contributed by atoms with Gasteiger partial charge in [0.2, 0.25) is 0 Å². The third-order valence-corrected chi connectivity index (χ3v) is 5.85. The van der Waals surface area contributed by atoms with Crippen molar-refractivity contribution in [1.82, 2.24) is 5.32 Å². The number of hydrogen-bond donors (Lipinski definition) is 2. The molecule has 152 valence electrons. The molecule has 29 heavy (non-hydrogen) atoms. The van der Waals surface area contributed by atoms with Gasteiger partial charge in [0.1, 0.15) is 0 Å². The molecule has 1 unspecified atom stereocenters. The minimum Gasteiger partial charge on any atom is -0.345 e. The summed E-state index contributed by atoms with van der Waals surface area (Å²) in [6, 6.07) is 10.2. The Balaban J connectivity index is 1.96. The maximum absolute atomic E-state index is 13.0. The highest BCUT2D eigenvalue weighted by Gasteiger charge is 2.38. The lowest BCUT2D eigenvalue weighted by molar-refractivity contribution is 0.0881. The van der Waals surface area contributed by atoms with Crippen LogP contribution in [-0.2, 0) is 0 Å². The van der Waals surface area contributed by atoms with Crippen molar-refractivity contribution in [3.63, 3.8) is 0 Å². The lowest BCUT2D eigenvalue weighted by atomic mass is 9.88. The largest absolute Gasteiger partial charge is 0.345 e. The normalized spacial score (nSPS) is 15.5. The van der Waals surface area contributed by atoms with E-state index in [1.54, 1.807) is 12.1 Å². The molecule has 0 bridgehead atoms. The van der Waals surface area contributed by atoms with E-state index < -0.39 is 11.4 Å². The van der Waals surface area contributed by atoms with Crippen molar-refractivity contribution in [2.24, 2.45) is 11.7 Å². The van der Waals surface area contributed by atoms with Crippen LogP contribution in [0, 0.1) is 19.8 Å². The van der Waals surface area contributed by atoms with Gasteiger partial charge in [-0.05, 0) is 62.1 Å². The second-order valence-electron chi connectivity index (χ2n) is 8.23. The van der Waals surface area contributed by atoms with E-state index in [0.29, 0.717) is 23.4 Å². The molecule has 0 saturated heterocycles. The van der Waals surface area contributed by atoms with Gasteiger partial charge in [-0.2, -0.15) is 0 Å². The first-order chi connectivity index (χ1) is 13.6. The summed E-state index contributed by atoms with van der Waals surface area (Å²) in [5, 5.41) is 2.96. The lowest BCUT2D eigenvalue weighted by Gasteiger charge is -2.33. The van der Waals surface area contributed by atoms with E-state index >= 15 is 0 Å². The van der Waals surface area contributed by atoms with E-state index in [1.165, 1.54) is 11.0 Å². The van der Waals surface area contributed by atoms with Crippen molar-refractivity contribution in [2.45, 2.75) is 40.2 Å². The van der Waals surface area contributed by atoms with Gasteiger partial charge in [0.05, 0.1) is 22.4 Å². The number of hydrogen-bond acceptors (Lipinski definition) is 4. The van der Waals surface area contributed by atoms with Crippen molar-refractivity contribution >= 4 is 23.4 Å². The molecule has 2 aromatic rings. The van der Waals surface area contributed by atoms with Crippen molar-refractivity contribution in [3.8, 4) is 0 Å². The standard InChI is InChI=1S/C23H27N3O3/c1-13(2)23(5,12-24)25-20(27)16-8-9-17-18(11-16)22(29)26(21(17)28)19-10-14(3)6-7-15(19)4/h6-11,13H,12,24H2,1-5H3,(H,25,27). The molecule has 1 aliphatic rings. The van der Waals surface area contributed by atoms with Crippen LogP contribution in [0.3, 0.4) is 0 Å². The molecule has 0 aliphatic carbocycles. The first kappa shape index (κ1) is 20.7. The molecule has 0 radical (unpaired) electrons. The van der Waals surface area contributed by atoms with Crippen LogP contribution >= 0.6 is 0 Å². The molecule has 2 aromatic carbocycles. The summed E-state index contributed by atoms with van der Waals surface area (Å²) in [5.41, 5.74) is 8.51. The second kappa shape index (κ2) is 7.44. The van der Waals surface area contributed by atoms with Crippen LogP contribution in [0.5, 0.6) is 0 Å². The molecule has 6 nitrogen and oxygen atoms in total. The molecule has 0 fully saturated rings. The topological polar surface area (TPSA) is 92.5 Å². The number of imide groups is 1. The van der Waals surface area contributed by atoms with Crippen molar-refractivity contribution in [2.75, 3.05) is 11.4 Å². The molecule has 0 aromatic heterocycles. The number of nitrogens with one attached hydrogen (secondary N) is 1. The van der Waals surface area contributed by atoms with Crippen LogP contribution in [0.25, 0.3) is 0 Å². The number of nitrogens with two attached hydrogens (primary N) is 1. The molecule has 3 N–H and O–H groups in total. The molecule has 0 saturated carbocycles. The summed E-state index contributed by atoms with van der Waals surface area (Å²) in [7, 11) is 0. The van der Waals surface area contributed by atoms with Gasteiger partial charge in [-0.1, -0.05) is 26.0 Å². The SMILES string of the molecule is Cc1ccc(C)c(N2C(=O)c3ccc(C(=O)NC(C)(CN)C(C)C)cc3C2=O)c1. The fourth-order valence-electron chi connectivity index (χ4n) is 3.32. The van der Waals surface area contributed by atoms with Gasteiger partial charge >= 0.3 is 0 Å². The Bertz CT molecular complexity index is 1010. The molecule has 1 atom stereocenters. The summed E-state index contributed by atoms with van der Waals surface area (Å²) >= 11 is 0. The van der Waals surface area contributed by atoms with Crippen LogP contribution in [0.1, 0.15) is 63.0 Å². The Labute approximate surface area is 171 Å². The highest BCUT2D eigenvalue weighted by Crippen LogP contribution is 2.32. The number of carbonyl (C=O) groups is 3. The van der Waals surface area contributed by atoms with Crippen molar-refractivity contribution < 1.29 is 14.4 Å². The van der Waals surface area contributed by atoms with E-state index in [-0.39, 0.29) is 23.3 Å². The van der Waals surface area contributed by atoms with Crippen molar-refractivity contribution in [1.29, 1.82) is 0 Å². The zero-order chi connectivity index (χ0) is 21.5. The van der Waals surface area contributed by atoms with Crippen LogP contribution in [-0.4, -0.2) is 29.8 Å². The summed E-state index contributed by atoms with van der Waals surface area (Å²) in [5.74, 6) is -0.979. The fourth-order valence-corrected chi connectivity index (χ4v) is 3.32. The predicted molar refractivity (Wildman–Crippen MR) is 113 cm³/mol. The molecule has 3 amide bonds. The first-order valence-electron chi connectivity index (χ1n) is 9.71. The van der Waals surface area contributed by atoms with Gasteiger partial charge in [0.15, 0.2) is 0 Å². The Morgan fingerprint density at radius 3 is 2.34 bits per heavy atom. The van der Waals surface area contributed by atoms with E-state index in [0.717, 1.165) is 11.1 Å². The summed E-state index contributed by atoms with van der Waals surface area (Å²) < 4.78 is 0. The zero-order valence-electron chi connectivity index (χ0n) is 17.5. The number of amides is 3. The van der Waals surface area contributed by atoms with Crippen LogP contribution in [0.2, 0.25) is 0 Å². The smallest absolute Gasteiger partial charge is 0.266 e. The van der Waals surface area contributed by atoms with E-state index in [4.69, 9.17) is 5.73 Å². The summed E-state index contributed by atoms with van der Waals surface area (Å²) in [6.07, 6.45) is 0. The van der Waals surface area contributed by atoms with Gasteiger partial charge in [0.25, 0.3) is 17.7 Å². The first-order valence-corrected chi connectivity index (χ1v) is 9.71. The minimum atomic E-state index is -0.569. The van der Waals surface area contributed by atoms with Crippen molar-refractivity contribution in [3.05, 3.63) is 64.2 Å². The second-order valence-corrected chi connectivity index (χ2v) is 8.23. The van der Waals surface area contributed by atoms with Crippen LogP contribution in [0.4, 0.5) is 5.69 Å². The van der Waals surface area contributed by atoms with Gasteiger partial charge < -0.3 is 11.1 Å². The third kappa shape index (κ3) is 3.56. The Morgan fingerprint density at radius 1 is 1.07 bits per heavy atom. The maximum Gasteiger partial charge on any atom is 0.266 e. The summed E-state index contributed by atoms with van der Waals surface area (Å²) in [4.78, 5) is 39.9. The van der Waals surface area contributed by atoms with Gasteiger partial charge in [-0.3, -0.25) is 14.4 Å². The number of anilines is 1. The summed E-state index contributed by atoms with van der Waals surface area (Å²) in [6.45, 7) is 9.92. The molecule has 6 heteroatoms. The monoisotopic (exact) mass is 393 g/mol. The minimum absolute atomic E-state index is 0.133. The number of nitrogens with zero attached hydrogens (tertiary/aromatic N) is 1. The maximum atomic E-state index is 13.0. The average Bonchev–Trinajstić information content (AvgIpc) is 2.93. The van der Waals surface area contributed by atoms with E-state index in [1.807, 2.05) is 52.8 Å². The van der Waals surface area contributed by atoms with Gasteiger partial charge in [-0.25, -0.2) is 4.90 Å². The van der Waals surface area contributed by atoms with E-state index in [2.05, 4.69) is 5.32 Å². The fraction of sp³-hybridized carbons (Fsp3) is 0.348. The number of benzene rings is 2. The molecular weight excluding hydrogens is 366 g/mol. The number of aryl methyl sites for hydroxylation is 2. The Hall–Kier alpha value is -2.99. The zero-order valence-corrected chi connectivity index (χ0v) is 17.5. The molecule has 0 spiro atoms. The molecule has 1 heterocycles.